The number of aliphatic hydroxyl groups excluding tert-OH is 1. The number of fused-ring (bicyclic) bond motifs is 1. The number of rotatable bonds is 4. The summed E-state index contributed by atoms with van der Waals surface area (Å²) in [6, 6.07) is 3.05. The molecule has 0 fully saturated rings. The van der Waals surface area contributed by atoms with Crippen LogP contribution in [0.15, 0.2) is 12.1 Å². The van der Waals surface area contributed by atoms with Crippen LogP contribution in [0.2, 0.25) is 0 Å². The molecule has 98 valence electrons. The predicted molar refractivity (Wildman–Crippen MR) is 67.9 cm³/mol. The average molecular weight is 251 g/mol. The average Bonchev–Trinajstić information content (AvgIpc) is 2.64. The van der Waals surface area contributed by atoms with Gasteiger partial charge in [-0.15, -0.1) is 0 Å². The maximum absolute atomic E-state index is 13.9. The number of benzene rings is 1. The second-order valence-corrected chi connectivity index (χ2v) is 4.84. The fourth-order valence-corrected chi connectivity index (χ4v) is 2.25. The van der Waals surface area contributed by atoms with Crippen LogP contribution in [0.4, 0.5) is 10.1 Å². The molecule has 1 amide bonds. The highest BCUT2D eigenvalue weighted by Gasteiger charge is 2.30. The maximum Gasteiger partial charge on any atom is 0.231 e. The van der Waals surface area contributed by atoms with Crippen molar-refractivity contribution in [1.82, 2.24) is 0 Å². The molecule has 2 N–H and O–H groups in total. The van der Waals surface area contributed by atoms with Gasteiger partial charge in [0.25, 0.3) is 0 Å². The number of nitrogens with one attached hydrogen (secondary N) is 1. The van der Waals surface area contributed by atoms with E-state index in [1.54, 1.807) is 13.0 Å². The molecule has 1 aromatic rings. The molecular formula is C14H18FNO2. The molecular weight excluding hydrogens is 233 g/mol. The third kappa shape index (κ3) is 2.25. The standard InChI is InChI=1S/C14H18FNO2/c1-3-4-5-12(17)9-6-10-8(2)14(18)16-13(10)11(15)7-9/h6-8,12,17H,3-5H2,1-2H3,(H,16,18). The van der Waals surface area contributed by atoms with Crippen molar-refractivity contribution in [1.29, 1.82) is 0 Å². The number of hydrogen-bond donors (Lipinski definition) is 2. The van der Waals surface area contributed by atoms with Gasteiger partial charge in [0.1, 0.15) is 5.82 Å². The molecule has 0 radical (unpaired) electrons. The smallest absolute Gasteiger partial charge is 0.231 e. The molecule has 1 aliphatic rings. The van der Waals surface area contributed by atoms with Gasteiger partial charge in [0.2, 0.25) is 5.91 Å². The lowest BCUT2D eigenvalue weighted by Gasteiger charge is -2.13. The molecule has 3 nitrogen and oxygen atoms in total. The molecule has 4 heteroatoms. The second kappa shape index (κ2) is 5.06. The Morgan fingerprint density at radius 1 is 1.50 bits per heavy atom. The number of halogens is 1. The highest BCUT2D eigenvalue weighted by Crippen LogP contribution is 2.37. The van der Waals surface area contributed by atoms with Crippen molar-refractivity contribution in [2.24, 2.45) is 0 Å². The zero-order valence-corrected chi connectivity index (χ0v) is 10.7. The Bertz CT molecular complexity index is 473. The number of carbonyl (C=O) groups is 1. The minimum Gasteiger partial charge on any atom is -0.388 e. The molecule has 0 saturated carbocycles. The second-order valence-electron chi connectivity index (χ2n) is 4.84. The number of aliphatic hydroxyl groups is 1. The maximum atomic E-state index is 13.9. The van der Waals surface area contributed by atoms with Crippen LogP contribution >= 0.6 is 0 Å². The van der Waals surface area contributed by atoms with E-state index in [-0.39, 0.29) is 17.5 Å². The lowest BCUT2D eigenvalue weighted by Crippen LogP contribution is -2.08. The van der Waals surface area contributed by atoms with E-state index < -0.39 is 11.9 Å². The van der Waals surface area contributed by atoms with Crippen LogP contribution in [-0.4, -0.2) is 11.0 Å². The van der Waals surface area contributed by atoms with Crippen molar-refractivity contribution in [3.63, 3.8) is 0 Å². The molecule has 0 aliphatic carbocycles. The normalized spacial score (nSPS) is 19.6. The summed E-state index contributed by atoms with van der Waals surface area (Å²) in [6.45, 7) is 3.78. The van der Waals surface area contributed by atoms with Crippen LogP contribution < -0.4 is 5.32 Å². The van der Waals surface area contributed by atoms with E-state index in [1.165, 1.54) is 6.07 Å². The molecule has 0 bridgehead atoms. The summed E-state index contributed by atoms with van der Waals surface area (Å²) in [5.41, 5.74) is 1.47. The first kappa shape index (κ1) is 13.0. The third-order valence-electron chi connectivity index (χ3n) is 3.47. The first-order valence-electron chi connectivity index (χ1n) is 6.36. The van der Waals surface area contributed by atoms with Crippen molar-refractivity contribution in [2.75, 3.05) is 5.32 Å². The van der Waals surface area contributed by atoms with Crippen molar-refractivity contribution in [3.05, 3.63) is 29.1 Å². The Labute approximate surface area is 106 Å². The van der Waals surface area contributed by atoms with Gasteiger partial charge in [0.15, 0.2) is 0 Å². The molecule has 1 aromatic carbocycles. The zero-order chi connectivity index (χ0) is 13.3. The van der Waals surface area contributed by atoms with E-state index in [1.807, 2.05) is 6.92 Å². The number of carbonyl (C=O) groups excluding carboxylic acids is 1. The highest BCUT2D eigenvalue weighted by atomic mass is 19.1. The highest BCUT2D eigenvalue weighted by molar-refractivity contribution is 6.02. The van der Waals surface area contributed by atoms with Crippen LogP contribution in [0.3, 0.4) is 0 Å². The van der Waals surface area contributed by atoms with Gasteiger partial charge in [-0.25, -0.2) is 4.39 Å². The Kier molecular flexibility index (Phi) is 3.66. The van der Waals surface area contributed by atoms with Gasteiger partial charge >= 0.3 is 0 Å². The summed E-state index contributed by atoms with van der Waals surface area (Å²) >= 11 is 0. The molecule has 0 spiro atoms. The van der Waals surface area contributed by atoms with Crippen molar-refractivity contribution >= 4 is 11.6 Å². The molecule has 2 rings (SSSR count). The van der Waals surface area contributed by atoms with Crippen molar-refractivity contribution in [3.8, 4) is 0 Å². The first-order valence-corrected chi connectivity index (χ1v) is 6.36. The van der Waals surface area contributed by atoms with Crippen LogP contribution in [0.25, 0.3) is 0 Å². The van der Waals surface area contributed by atoms with E-state index >= 15 is 0 Å². The Morgan fingerprint density at radius 3 is 2.89 bits per heavy atom. The van der Waals surface area contributed by atoms with Gasteiger partial charge < -0.3 is 10.4 Å². The van der Waals surface area contributed by atoms with Crippen molar-refractivity contribution in [2.45, 2.75) is 45.1 Å². The van der Waals surface area contributed by atoms with Gasteiger partial charge in [0, 0.05) is 0 Å². The van der Waals surface area contributed by atoms with Gasteiger partial charge in [0.05, 0.1) is 17.7 Å². The van der Waals surface area contributed by atoms with Crippen LogP contribution in [0, 0.1) is 5.82 Å². The van der Waals surface area contributed by atoms with Crippen LogP contribution in [0.1, 0.15) is 56.3 Å². The van der Waals surface area contributed by atoms with Crippen LogP contribution in [-0.2, 0) is 4.79 Å². The topological polar surface area (TPSA) is 49.3 Å². The van der Waals surface area contributed by atoms with E-state index in [9.17, 15) is 14.3 Å². The molecule has 2 atom stereocenters. The third-order valence-corrected chi connectivity index (χ3v) is 3.47. The van der Waals surface area contributed by atoms with E-state index in [4.69, 9.17) is 0 Å². The summed E-state index contributed by atoms with van der Waals surface area (Å²) in [4.78, 5) is 11.5. The quantitative estimate of drug-likeness (QED) is 0.863. The minimum absolute atomic E-state index is 0.191. The minimum atomic E-state index is -0.660. The molecule has 0 aromatic heterocycles. The molecule has 2 unspecified atom stereocenters. The number of unbranched alkanes of at least 4 members (excludes halogenated alkanes) is 1. The number of anilines is 1. The van der Waals surface area contributed by atoms with Gasteiger partial charge in [-0.2, -0.15) is 0 Å². The largest absolute Gasteiger partial charge is 0.388 e. The number of amides is 1. The first-order chi connectivity index (χ1) is 8.54. The lowest BCUT2D eigenvalue weighted by atomic mass is 9.96. The van der Waals surface area contributed by atoms with Gasteiger partial charge in [-0.05, 0) is 30.5 Å². The summed E-state index contributed by atoms with van der Waals surface area (Å²) in [5.74, 6) is -1.01. The lowest BCUT2D eigenvalue weighted by molar-refractivity contribution is -0.116. The SMILES string of the molecule is CCCCC(O)c1cc(F)c2c(c1)C(C)C(=O)N2. The Hall–Kier alpha value is -1.42. The predicted octanol–water partition coefficient (Wildman–Crippen LogP) is 3.10. The van der Waals surface area contributed by atoms with E-state index in [0.717, 1.165) is 12.8 Å². The monoisotopic (exact) mass is 251 g/mol. The van der Waals surface area contributed by atoms with Crippen LogP contribution in [0.5, 0.6) is 0 Å². The summed E-state index contributed by atoms with van der Waals surface area (Å²) < 4.78 is 13.9. The summed E-state index contributed by atoms with van der Waals surface area (Å²) in [5, 5.41) is 12.5. The van der Waals surface area contributed by atoms with Gasteiger partial charge in [-0.3, -0.25) is 4.79 Å². The summed E-state index contributed by atoms with van der Waals surface area (Å²) in [7, 11) is 0. The zero-order valence-electron chi connectivity index (χ0n) is 10.7. The molecule has 1 heterocycles. The van der Waals surface area contributed by atoms with E-state index in [2.05, 4.69) is 5.32 Å². The fourth-order valence-electron chi connectivity index (χ4n) is 2.25. The van der Waals surface area contributed by atoms with Gasteiger partial charge in [-0.1, -0.05) is 25.8 Å². The molecule has 0 saturated heterocycles. The van der Waals surface area contributed by atoms with E-state index in [0.29, 0.717) is 17.5 Å². The summed E-state index contributed by atoms with van der Waals surface area (Å²) in [6.07, 6.45) is 1.84. The fraction of sp³-hybridized carbons (Fsp3) is 0.500. The number of hydrogen-bond acceptors (Lipinski definition) is 2. The Morgan fingerprint density at radius 2 is 2.22 bits per heavy atom. The molecule has 1 aliphatic heterocycles. The van der Waals surface area contributed by atoms with Crippen molar-refractivity contribution < 1.29 is 14.3 Å². The Balaban J connectivity index is 2.31. The molecule has 18 heavy (non-hydrogen) atoms.